The first-order chi connectivity index (χ1) is 8.29. The molecule has 19 heavy (non-hydrogen) atoms. The highest BCUT2D eigenvalue weighted by Crippen LogP contribution is 2.45. The van der Waals surface area contributed by atoms with Crippen LogP contribution in [0.25, 0.3) is 0 Å². The third-order valence-corrected chi connectivity index (χ3v) is 4.01. The van der Waals surface area contributed by atoms with Crippen LogP contribution >= 0.6 is 9.90 Å². The summed E-state index contributed by atoms with van der Waals surface area (Å²) in [6.45, 7) is 7.87. The van der Waals surface area contributed by atoms with Crippen LogP contribution in [-0.2, 0) is 19.1 Å². The molecule has 1 saturated carbocycles. The molecule has 0 aromatic heterocycles. The van der Waals surface area contributed by atoms with Gasteiger partial charge in [-0.05, 0) is 12.8 Å². The van der Waals surface area contributed by atoms with Gasteiger partial charge in [-0.2, -0.15) is 9.90 Å². The van der Waals surface area contributed by atoms with E-state index in [2.05, 4.69) is 0 Å². The zero-order valence-corrected chi connectivity index (χ0v) is 13.7. The predicted octanol–water partition coefficient (Wildman–Crippen LogP) is 2.51. The van der Waals surface area contributed by atoms with Gasteiger partial charge in [0.2, 0.25) is 6.29 Å². The fourth-order valence-corrected chi connectivity index (χ4v) is 2.81. The minimum absolute atomic E-state index is 0. The van der Waals surface area contributed by atoms with Crippen molar-refractivity contribution in [3.63, 3.8) is 0 Å². The molecule has 0 amide bonds. The molecule has 110 valence electrons. The van der Waals surface area contributed by atoms with Crippen LogP contribution in [0.5, 0.6) is 0 Å². The van der Waals surface area contributed by atoms with Crippen molar-refractivity contribution in [2.45, 2.75) is 65.3 Å². The second-order valence-electron chi connectivity index (χ2n) is 6.44. The molecule has 0 spiro atoms. The Morgan fingerprint density at radius 2 is 1.95 bits per heavy atom. The van der Waals surface area contributed by atoms with Gasteiger partial charge in [0.15, 0.2) is 5.60 Å². The second-order valence-corrected chi connectivity index (χ2v) is 6.44. The molecule has 2 fully saturated rings. The van der Waals surface area contributed by atoms with Crippen LogP contribution in [0.15, 0.2) is 0 Å². The average molecular weight is 288 g/mol. The van der Waals surface area contributed by atoms with Crippen molar-refractivity contribution in [3.05, 3.63) is 0 Å². The second kappa shape index (κ2) is 5.49. The van der Waals surface area contributed by atoms with Gasteiger partial charge in [0.25, 0.3) is 0 Å². The lowest BCUT2D eigenvalue weighted by molar-refractivity contribution is -0.160. The number of carbonyl (C=O) groups is 2. The molecule has 4 atom stereocenters. The topological polar surface area (TPSA) is 52.6 Å². The van der Waals surface area contributed by atoms with Gasteiger partial charge in [-0.3, -0.25) is 4.79 Å². The number of esters is 1. The number of ketones is 1. The summed E-state index contributed by atoms with van der Waals surface area (Å²) >= 11 is 0. The molecule has 5 heteroatoms. The van der Waals surface area contributed by atoms with Gasteiger partial charge in [0.1, 0.15) is 5.78 Å². The maximum Gasteiger partial charge on any atom is 0.341 e. The average Bonchev–Trinajstić information content (AvgIpc) is 2.82. The molecule has 2 aliphatic rings. The Morgan fingerprint density at radius 1 is 1.32 bits per heavy atom. The Labute approximate surface area is 118 Å². The van der Waals surface area contributed by atoms with Crippen molar-refractivity contribution in [1.29, 1.82) is 0 Å². The molecule has 4 unspecified atom stereocenters. The molecular formula is C14H25O4P. The molecule has 4 nitrogen and oxygen atoms in total. The first-order valence-electron chi connectivity index (χ1n) is 6.70. The summed E-state index contributed by atoms with van der Waals surface area (Å²) in [5, 5.41) is 0. The lowest BCUT2D eigenvalue weighted by Crippen LogP contribution is -2.43. The van der Waals surface area contributed by atoms with Gasteiger partial charge in [-0.25, -0.2) is 4.79 Å². The van der Waals surface area contributed by atoms with Crippen LogP contribution < -0.4 is 0 Å². The third-order valence-electron chi connectivity index (χ3n) is 4.01. The molecule has 0 radical (unpaired) electrons. The number of hydrogen-bond donors (Lipinski definition) is 0. The Morgan fingerprint density at radius 3 is 2.32 bits per heavy atom. The van der Waals surface area contributed by atoms with E-state index in [-0.39, 0.29) is 33.0 Å². The Bertz CT molecular complexity index is 374. The molecule has 0 aromatic carbocycles. The lowest BCUT2D eigenvalue weighted by Gasteiger charge is -2.31. The van der Waals surface area contributed by atoms with E-state index in [1.165, 1.54) is 0 Å². The molecule has 0 aromatic rings. The standard InChI is InChI=1S/C14H22O4.H3P/c1-5-14(9-6-7-10(15)8-9)11(16)17-12(18-14)13(2,3)4;/h9,12H,5-8H2,1-4H3;1H3. The largest absolute Gasteiger partial charge is 0.433 e. The number of cyclic esters (lactones) is 1. The molecule has 1 aliphatic heterocycles. The van der Waals surface area contributed by atoms with Gasteiger partial charge >= 0.3 is 5.97 Å². The van der Waals surface area contributed by atoms with E-state index in [4.69, 9.17) is 9.47 Å². The number of rotatable bonds is 2. The van der Waals surface area contributed by atoms with Gasteiger partial charge in [-0.1, -0.05) is 27.7 Å². The smallest absolute Gasteiger partial charge is 0.341 e. The van der Waals surface area contributed by atoms with E-state index < -0.39 is 11.9 Å². The highest BCUT2D eigenvalue weighted by molar-refractivity contribution is 6.92. The Balaban J connectivity index is 0.00000180. The molecule has 2 rings (SSSR count). The van der Waals surface area contributed by atoms with E-state index in [1.807, 2.05) is 27.7 Å². The molecule has 1 heterocycles. The zero-order chi connectivity index (χ0) is 13.6. The van der Waals surface area contributed by atoms with Crippen LogP contribution in [0.2, 0.25) is 0 Å². The fourth-order valence-electron chi connectivity index (χ4n) is 2.81. The van der Waals surface area contributed by atoms with E-state index in [0.29, 0.717) is 19.3 Å². The van der Waals surface area contributed by atoms with Crippen molar-refractivity contribution < 1.29 is 19.1 Å². The van der Waals surface area contributed by atoms with Gasteiger partial charge in [0, 0.05) is 24.2 Å². The SMILES string of the molecule is CCC1(C2CCC(=O)C2)OC(C(C)(C)C)OC1=O.P. The van der Waals surface area contributed by atoms with Crippen LogP contribution in [0.1, 0.15) is 53.4 Å². The van der Waals surface area contributed by atoms with Crippen LogP contribution in [-0.4, -0.2) is 23.6 Å². The normalized spacial score (nSPS) is 35.2. The number of carbonyl (C=O) groups excluding carboxylic acids is 2. The number of hydrogen-bond acceptors (Lipinski definition) is 4. The van der Waals surface area contributed by atoms with E-state index in [0.717, 1.165) is 6.42 Å². The van der Waals surface area contributed by atoms with E-state index in [9.17, 15) is 9.59 Å². The number of ether oxygens (including phenoxy) is 2. The summed E-state index contributed by atoms with van der Waals surface area (Å²) < 4.78 is 11.4. The van der Waals surface area contributed by atoms with Crippen molar-refractivity contribution >= 4 is 21.7 Å². The highest BCUT2D eigenvalue weighted by Gasteiger charge is 2.57. The maximum absolute atomic E-state index is 12.2. The summed E-state index contributed by atoms with van der Waals surface area (Å²) in [4.78, 5) is 23.7. The lowest BCUT2D eigenvalue weighted by atomic mass is 9.83. The van der Waals surface area contributed by atoms with Crippen molar-refractivity contribution in [2.75, 3.05) is 0 Å². The maximum atomic E-state index is 12.2. The van der Waals surface area contributed by atoms with Gasteiger partial charge < -0.3 is 9.47 Å². The quantitative estimate of drug-likeness (QED) is 0.578. The number of Topliss-reactive ketones (excluding diaryl/α,β-unsaturated/α-hetero) is 1. The summed E-state index contributed by atoms with van der Waals surface area (Å²) in [6, 6.07) is 0. The van der Waals surface area contributed by atoms with E-state index in [1.54, 1.807) is 0 Å². The first kappa shape index (κ1) is 16.6. The molecule has 0 bridgehead atoms. The van der Waals surface area contributed by atoms with Gasteiger partial charge in [0.05, 0.1) is 0 Å². The highest BCUT2D eigenvalue weighted by atomic mass is 31.0. The van der Waals surface area contributed by atoms with Crippen LogP contribution in [0.4, 0.5) is 0 Å². The first-order valence-corrected chi connectivity index (χ1v) is 6.70. The fraction of sp³-hybridized carbons (Fsp3) is 0.857. The minimum Gasteiger partial charge on any atom is -0.433 e. The van der Waals surface area contributed by atoms with Crippen LogP contribution in [0, 0.1) is 11.3 Å². The summed E-state index contributed by atoms with van der Waals surface area (Å²) in [5.74, 6) is -0.0806. The third kappa shape index (κ3) is 2.85. The Hall–Kier alpha value is -0.470. The predicted molar refractivity (Wildman–Crippen MR) is 76.9 cm³/mol. The summed E-state index contributed by atoms with van der Waals surface area (Å²) in [6.07, 6.45) is 1.79. The summed E-state index contributed by atoms with van der Waals surface area (Å²) in [7, 11) is 0. The van der Waals surface area contributed by atoms with Crippen molar-refractivity contribution in [1.82, 2.24) is 0 Å². The molecular weight excluding hydrogens is 263 g/mol. The molecule has 1 saturated heterocycles. The zero-order valence-electron chi connectivity index (χ0n) is 12.3. The molecule has 0 N–H and O–H groups in total. The van der Waals surface area contributed by atoms with Crippen molar-refractivity contribution in [3.8, 4) is 0 Å². The van der Waals surface area contributed by atoms with Gasteiger partial charge in [-0.15, -0.1) is 0 Å². The summed E-state index contributed by atoms with van der Waals surface area (Å²) in [5.41, 5.74) is -1.14. The monoisotopic (exact) mass is 288 g/mol. The Kier molecular flexibility index (Phi) is 4.79. The minimum atomic E-state index is -0.899. The molecule has 1 aliphatic carbocycles. The van der Waals surface area contributed by atoms with Crippen molar-refractivity contribution in [2.24, 2.45) is 11.3 Å². The van der Waals surface area contributed by atoms with E-state index >= 15 is 0 Å². The van der Waals surface area contributed by atoms with Crippen LogP contribution in [0.3, 0.4) is 0 Å².